The summed E-state index contributed by atoms with van der Waals surface area (Å²) in [5.74, 6) is 0.967. The molecule has 96 valence electrons. The predicted octanol–water partition coefficient (Wildman–Crippen LogP) is 3.71. The van der Waals surface area contributed by atoms with Gasteiger partial charge in [0.2, 0.25) is 0 Å². The minimum absolute atomic E-state index is 0.606. The van der Waals surface area contributed by atoms with E-state index in [4.69, 9.17) is 10.5 Å². The second-order valence-electron chi connectivity index (χ2n) is 4.56. The molecular weight excluding hydrogens is 242 g/mol. The fraction of sp³-hybridized carbons (Fsp3) is 0.333. The van der Waals surface area contributed by atoms with Crippen LogP contribution in [0.3, 0.4) is 0 Å². The molecule has 0 saturated heterocycles. The van der Waals surface area contributed by atoms with Gasteiger partial charge in [0.15, 0.2) is 0 Å². The molecule has 0 saturated carbocycles. The van der Waals surface area contributed by atoms with E-state index in [0.717, 1.165) is 5.75 Å². The first-order chi connectivity index (χ1) is 8.60. The third kappa shape index (κ3) is 2.92. The molecule has 0 aliphatic heterocycles. The third-order valence-corrected chi connectivity index (χ3v) is 4.11. The van der Waals surface area contributed by atoms with Crippen molar-refractivity contribution < 1.29 is 4.74 Å². The van der Waals surface area contributed by atoms with Gasteiger partial charge >= 0.3 is 0 Å². The highest BCUT2D eigenvalue weighted by Crippen LogP contribution is 2.25. The van der Waals surface area contributed by atoms with E-state index in [0.29, 0.717) is 13.2 Å². The van der Waals surface area contributed by atoms with Crippen molar-refractivity contribution in [3.05, 3.63) is 50.7 Å². The summed E-state index contributed by atoms with van der Waals surface area (Å²) >= 11 is 1.75. The number of hydrogen-bond acceptors (Lipinski definition) is 3. The van der Waals surface area contributed by atoms with Crippen molar-refractivity contribution in [3.8, 4) is 5.75 Å². The highest BCUT2D eigenvalue weighted by Gasteiger charge is 2.06. The van der Waals surface area contributed by atoms with Crippen LogP contribution >= 0.6 is 11.3 Å². The van der Waals surface area contributed by atoms with Gasteiger partial charge in [-0.15, -0.1) is 11.3 Å². The normalized spacial score (nSPS) is 10.7. The van der Waals surface area contributed by atoms with E-state index >= 15 is 0 Å². The molecule has 18 heavy (non-hydrogen) atoms. The Balaban J connectivity index is 2.11. The van der Waals surface area contributed by atoms with E-state index in [-0.39, 0.29) is 0 Å². The van der Waals surface area contributed by atoms with Crippen LogP contribution in [0.1, 0.15) is 26.4 Å². The maximum absolute atomic E-state index is 5.91. The molecule has 2 rings (SSSR count). The number of nitrogens with two attached hydrogens (primary N) is 1. The van der Waals surface area contributed by atoms with E-state index in [1.807, 2.05) is 0 Å². The lowest BCUT2D eigenvalue weighted by Gasteiger charge is -2.09. The SMILES string of the molecule is Cc1ccc(C)c(OCc2cc(CN)sc2C)c1. The zero-order valence-electron chi connectivity index (χ0n) is 11.1. The van der Waals surface area contributed by atoms with Gasteiger partial charge in [0.1, 0.15) is 12.4 Å². The van der Waals surface area contributed by atoms with Crippen molar-refractivity contribution >= 4 is 11.3 Å². The highest BCUT2D eigenvalue weighted by atomic mass is 32.1. The molecule has 0 unspecified atom stereocenters. The summed E-state index contributed by atoms with van der Waals surface area (Å²) in [7, 11) is 0. The Hall–Kier alpha value is -1.32. The first kappa shape index (κ1) is 13.1. The number of rotatable bonds is 4. The predicted molar refractivity (Wildman–Crippen MR) is 77.2 cm³/mol. The summed E-state index contributed by atoms with van der Waals surface area (Å²) in [6.07, 6.45) is 0. The van der Waals surface area contributed by atoms with Crippen LogP contribution in [0.25, 0.3) is 0 Å². The summed E-state index contributed by atoms with van der Waals surface area (Å²) in [6, 6.07) is 8.42. The summed E-state index contributed by atoms with van der Waals surface area (Å²) in [5, 5.41) is 0. The summed E-state index contributed by atoms with van der Waals surface area (Å²) in [4.78, 5) is 2.51. The standard InChI is InChI=1S/C15H19NOS/c1-10-4-5-11(2)15(6-10)17-9-13-7-14(8-16)18-12(13)3/h4-7H,8-9,16H2,1-3H3. The van der Waals surface area contributed by atoms with Crippen LogP contribution in [0, 0.1) is 20.8 Å². The second-order valence-corrected chi connectivity index (χ2v) is 5.90. The second kappa shape index (κ2) is 5.55. The monoisotopic (exact) mass is 261 g/mol. The molecule has 0 amide bonds. The van der Waals surface area contributed by atoms with E-state index in [9.17, 15) is 0 Å². The lowest BCUT2D eigenvalue weighted by atomic mass is 10.1. The highest BCUT2D eigenvalue weighted by molar-refractivity contribution is 7.12. The minimum atomic E-state index is 0.606. The van der Waals surface area contributed by atoms with Gasteiger partial charge in [-0.1, -0.05) is 12.1 Å². The maximum atomic E-state index is 5.91. The van der Waals surface area contributed by atoms with Crippen molar-refractivity contribution in [2.45, 2.75) is 33.9 Å². The number of thiophene rings is 1. The van der Waals surface area contributed by atoms with Crippen molar-refractivity contribution in [1.29, 1.82) is 0 Å². The lowest BCUT2D eigenvalue weighted by Crippen LogP contribution is -1.98. The van der Waals surface area contributed by atoms with Crippen LogP contribution < -0.4 is 10.5 Å². The smallest absolute Gasteiger partial charge is 0.122 e. The average molecular weight is 261 g/mol. The fourth-order valence-electron chi connectivity index (χ4n) is 1.85. The number of benzene rings is 1. The Morgan fingerprint density at radius 1 is 1.17 bits per heavy atom. The van der Waals surface area contributed by atoms with Gasteiger partial charge in [-0.25, -0.2) is 0 Å². The van der Waals surface area contributed by atoms with Crippen molar-refractivity contribution in [1.82, 2.24) is 0 Å². The molecule has 2 aromatic rings. The lowest BCUT2D eigenvalue weighted by molar-refractivity contribution is 0.303. The minimum Gasteiger partial charge on any atom is -0.489 e. The molecule has 0 aliphatic carbocycles. The van der Waals surface area contributed by atoms with Gasteiger partial charge < -0.3 is 10.5 Å². The molecule has 0 aliphatic rings. The van der Waals surface area contributed by atoms with Crippen LogP contribution in [0.4, 0.5) is 0 Å². The molecule has 2 nitrogen and oxygen atoms in total. The Bertz CT molecular complexity index is 545. The zero-order chi connectivity index (χ0) is 13.1. The molecule has 1 aromatic carbocycles. The molecule has 1 aromatic heterocycles. The Morgan fingerprint density at radius 2 is 1.94 bits per heavy atom. The van der Waals surface area contributed by atoms with Crippen LogP contribution in [-0.4, -0.2) is 0 Å². The third-order valence-electron chi connectivity index (χ3n) is 3.00. The van der Waals surface area contributed by atoms with Gasteiger partial charge in [-0.05, 0) is 44.0 Å². The quantitative estimate of drug-likeness (QED) is 0.910. The molecule has 1 heterocycles. The van der Waals surface area contributed by atoms with E-state index < -0.39 is 0 Å². The van der Waals surface area contributed by atoms with Gasteiger partial charge in [-0.2, -0.15) is 0 Å². The Kier molecular flexibility index (Phi) is 4.04. The van der Waals surface area contributed by atoms with E-state index in [1.54, 1.807) is 11.3 Å². The van der Waals surface area contributed by atoms with Gasteiger partial charge in [0, 0.05) is 21.9 Å². The summed E-state index contributed by atoms with van der Waals surface area (Å²) < 4.78 is 5.91. The van der Waals surface area contributed by atoms with Crippen molar-refractivity contribution in [2.75, 3.05) is 0 Å². The van der Waals surface area contributed by atoms with Gasteiger partial charge in [0.25, 0.3) is 0 Å². The van der Waals surface area contributed by atoms with Crippen LogP contribution in [0.2, 0.25) is 0 Å². The topological polar surface area (TPSA) is 35.2 Å². The molecule has 3 heteroatoms. The molecule has 0 radical (unpaired) electrons. The largest absolute Gasteiger partial charge is 0.489 e. The number of aryl methyl sites for hydroxylation is 3. The Labute approximate surface area is 112 Å². The molecular formula is C15H19NOS. The molecule has 0 fully saturated rings. The summed E-state index contributed by atoms with van der Waals surface area (Å²) in [5.41, 5.74) is 9.29. The van der Waals surface area contributed by atoms with Gasteiger partial charge in [0.05, 0.1) is 0 Å². The van der Waals surface area contributed by atoms with E-state index in [1.165, 1.54) is 26.4 Å². The van der Waals surface area contributed by atoms with Crippen LogP contribution in [-0.2, 0) is 13.2 Å². The van der Waals surface area contributed by atoms with Crippen molar-refractivity contribution in [2.24, 2.45) is 5.73 Å². The maximum Gasteiger partial charge on any atom is 0.122 e. The van der Waals surface area contributed by atoms with Crippen molar-refractivity contribution in [3.63, 3.8) is 0 Å². The Morgan fingerprint density at radius 3 is 2.61 bits per heavy atom. The first-order valence-corrected chi connectivity index (χ1v) is 6.90. The number of hydrogen-bond donors (Lipinski definition) is 1. The molecule has 0 atom stereocenters. The van der Waals surface area contributed by atoms with Crippen LogP contribution in [0.15, 0.2) is 24.3 Å². The first-order valence-electron chi connectivity index (χ1n) is 6.08. The average Bonchev–Trinajstić information content (AvgIpc) is 2.71. The number of ether oxygens (including phenoxy) is 1. The molecule has 2 N–H and O–H groups in total. The van der Waals surface area contributed by atoms with Crippen LogP contribution in [0.5, 0.6) is 5.75 Å². The van der Waals surface area contributed by atoms with Gasteiger partial charge in [-0.3, -0.25) is 0 Å². The molecule has 0 bridgehead atoms. The zero-order valence-corrected chi connectivity index (χ0v) is 11.9. The summed E-state index contributed by atoms with van der Waals surface area (Å²) in [6.45, 7) is 7.49. The fourth-order valence-corrected chi connectivity index (χ4v) is 2.78. The molecule has 0 spiro atoms. The van der Waals surface area contributed by atoms with E-state index in [2.05, 4.69) is 45.0 Å².